The van der Waals surface area contributed by atoms with Crippen LogP contribution in [0.3, 0.4) is 0 Å². The van der Waals surface area contributed by atoms with E-state index in [2.05, 4.69) is 0 Å². The molecule has 0 spiro atoms. The summed E-state index contributed by atoms with van der Waals surface area (Å²) < 4.78 is 30.4. The maximum Gasteiger partial charge on any atom is 0.218 e. The molecule has 0 heterocycles. The van der Waals surface area contributed by atoms with Crippen molar-refractivity contribution in [2.24, 2.45) is 5.73 Å². The number of rotatable bonds is 8. The van der Waals surface area contributed by atoms with E-state index in [1.807, 2.05) is 0 Å². The standard InChI is InChI=1S/C13H20N2O4S2/c1-15(7-12(16)8-19-2)21(17,18)9-10-4-3-5-11(6-10)13(14)20/h3-6,12,16H,7-9H2,1-2H3,(H2,14,20). The number of hydrogen-bond acceptors (Lipinski definition) is 5. The molecule has 1 atom stereocenters. The van der Waals surface area contributed by atoms with Gasteiger partial charge in [0.2, 0.25) is 10.0 Å². The summed E-state index contributed by atoms with van der Waals surface area (Å²) in [6.45, 7) is 0.0575. The third kappa shape index (κ3) is 5.68. The fourth-order valence-electron chi connectivity index (χ4n) is 1.79. The number of hydrogen-bond donors (Lipinski definition) is 2. The van der Waals surface area contributed by atoms with Crippen molar-refractivity contribution < 1.29 is 18.3 Å². The molecule has 0 radical (unpaired) electrons. The summed E-state index contributed by atoms with van der Waals surface area (Å²) in [4.78, 5) is 0.220. The first kappa shape index (κ1) is 18.0. The van der Waals surface area contributed by atoms with Gasteiger partial charge in [0.15, 0.2) is 0 Å². The van der Waals surface area contributed by atoms with Crippen molar-refractivity contribution in [1.82, 2.24) is 4.31 Å². The molecule has 8 heteroatoms. The number of nitrogens with zero attached hydrogens (tertiary/aromatic N) is 1. The molecule has 3 N–H and O–H groups in total. The minimum Gasteiger partial charge on any atom is -0.389 e. The minimum absolute atomic E-state index is 0.0227. The van der Waals surface area contributed by atoms with Crippen LogP contribution < -0.4 is 5.73 Å². The van der Waals surface area contributed by atoms with Crippen molar-refractivity contribution in [1.29, 1.82) is 0 Å². The number of aliphatic hydroxyl groups is 1. The molecule has 6 nitrogen and oxygen atoms in total. The molecular weight excluding hydrogens is 312 g/mol. The van der Waals surface area contributed by atoms with Crippen LogP contribution >= 0.6 is 12.2 Å². The van der Waals surface area contributed by atoms with Gasteiger partial charge < -0.3 is 15.6 Å². The molecule has 1 aromatic rings. The van der Waals surface area contributed by atoms with Crippen LogP contribution in [0.4, 0.5) is 0 Å². The van der Waals surface area contributed by atoms with Crippen LogP contribution in [0.5, 0.6) is 0 Å². The molecule has 1 unspecified atom stereocenters. The van der Waals surface area contributed by atoms with Crippen LogP contribution in [0.1, 0.15) is 11.1 Å². The Morgan fingerprint density at radius 3 is 2.76 bits per heavy atom. The van der Waals surface area contributed by atoms with Gasteiger partial charge in [0.05, 0.1) is 18.5 Å². The molecule has 0 bridgehead atoms. The van der Waals surface area contributed by atoms with Gasteiger partial charge in [0.25, 0.3) is 0 Å². The van der Waals surface area contributed by atoms with E-state index < -0.39 is 16.1 Å². The lowest BCUT2D eigenvalue weighted by atomic mass is 10.1. The highest BCUT2D eigenvalue weighted by Crippen LogP contribution is 2.12. The van der Waals surface area contributed by atoms with E-state index >= 15 is 0 Å². The van der Waals surface area contributed by atoms with Gasteiger partial charge in [-0.2, -0.15) is 0 Å². The molecular formula is C13H20N2O4S2. The molecule has 1 rings (SSSR count). The van der Waals surface area contributed by atoms with Crippen LogP contribution in [-0.4, -0.2) is 56.2 Å². The maximum atomic E-state index is 12.2. The molecule has 0 saturated heterocycles. The molecule has 1 aromatic carbocycles. The maximum absolute atomic E-state index is 12.2. The second-order valence-electron chi connectivity index (χ2n) is 4.71. The zero-order valence-corrected chi connectivity index (χ0v) is 13.7. The van der Waals surface area contributed by atoms with Gasteiger partial charge in [-0.15, -0.1) is 0 Å². The predicted octanol–water partition coefficient (Wildman–Crippen LogP) is 0.0897. The third-order valence-electron chi connectivity index (χ3n) is 2.86. The fourth-order valence-corrected chi connectivity index (χ4v) is 3.14. The van der Waals surface area contributed by atoms with Crippen LogP contribution in [-0.2, 0) is 20.5 Å². The van der Waals surface area contributed by atoms with E-state index in [4.69, 9.17) is 22.7 Å². The van der Waals surface area contributed by atoms with Crippen molar-refractivity contribution in [3.05, 3.63) is 35.4 Å². The first-order valence-corrected chi connectivity index (χ1v) is 8.27. The Hall–Kier alpha value is -1.06. The zero-order chi connectivity index (χ0) is 16.0. The predicted molar refractivity (Wildman–Crippen MR) is 85.5 cm³/mol. The summed E-state index contributed by atoms with van der Waals surface area (Å²) in [6, 6.07) is 6.78. The number of benzene rings is 1. The second kappa shape index (κ2) is 7.81. The number of nitrogens with two attached hydrogens (primary N) is 1. The normalized spacial score (nSPS) is 13.3. The lowest BCUT2D eigenvalue weighted by molar-refractivity contribution is 0.0554. The number of aliphatic hydroxyl groups excluding tert-OH is 1. The smallest absolute Gasteiger partial charge is 0.218 e. The number of thiocarbonyl (C=S) groups is 1. The van der Waals surface area contributed by atoms with Crippen molar-refractivity contribution in [2.45, 2.75) is 11.9 Å². The number of likely N-dealkylation sites (N-methyl/N-ethyl adjacent to an activating group) is 1. The molecule has 0 amide bonds. The van der Waals surface area contributed by atoms with Gasteiger partial charge in [0.1, 0.15) is 4.99 Å². The highest BCUT2D eigenvalue weighted by Gasteiger charge is 2.21. The van der Waals surface area contributed by atoms with Gasteiger partial charge in [0, 0.05) is 26.3 Å². The fraction of sp³-hybridized carbons (Fsp3) is 0.462. The van der Waals surface area contributed by atoms with Crippen molar-refractivity contribution >= 4 is 27.2 Å². The Kier molecular flexibility index (Phi) is 6.69. The van der Waals surface area contributed by atoms with Gasteiger partial charge in [-0.25, -0.2) is 12.7 Å². The largest absolute Gasteiger partial charge is 0.389 e. The van der Waals surface area contributed by atoms with Crippen LogP contribution in [0.15, 0.2) is 24.3 Å². The van der Waals surface area contributed by atoms with Gasteiger partial charge in [-0.3, -0.25) is 0 Å². The Labute approximate surface area is 130 Å². The van der Waals surface area contributed by atoms with E-state index in [0.29, 0.717) is 11.1 Å². The molecule has 0 aliphatic rings. The highest BCUT2D eigenvalue weighted by atomic mass is 32.2. The summed E-state index contributed by atoms with van der Waals surface area (Å²) in [7, 11) is -0.670. The molecule has 118 valence electrons. The molecule has 21 heavy (non-hydrogen) atoms. The topological polar surface area (TPSA) is 92.9 Å². The lowest BCUT2D eigenvalue weighted by Crippen LogP contribution is -2.36. The first-order chi connectivity index (χ1) is 9.76. The molecule has 0 aromatic heterocycles. The molecule has 0 saturated carbocycles. The SMILES string of the molecule is COCC(O)CN(C)S(=O)(=O)Cc1cccc(C(N)=S)c1. The van der Waals surface area contributed by atoms with Crippen molar-refractivity contribution in [2.75, 3.05) is 27.3 Å². The monoisotopic (exact) mass is 332 g/mol. The summed E-state index contributed by atoms with van der Waals surface area (Å²) in [5, 5.41) is 9.60. The average molecular weight is 332 g/mol. The zero-order valence-electron chi connectivity index (χ0n) is 12.0. The van der Waals surface area contributed by atoms with Gasteiger partial charge in [-0.1, -0.05) is 30.4 Å². The van der Waals surface area contributed by atoms with E-state index in [1.165, 1.54) is 14.2 Å². The number of methoxy groups -OCH3 is 1. The summed E-state index contributed by atoms with van der Waals surface area (Å²) >= 11 is 4.87. The van der Waals surface area contributed by atoms with E-state index in [9.17, 15) is 13.5 Å². The summed E-state index contributed by atoms with van der Waals surface area (Å²) in [6.07, 6.45) is -0.863. The van der Waals surface area contributed by atoms with E-state index in [-0.39, 0.29) is 23.9 Å². The van der Waals surface area contributed by atoms with Crippen LogP contribution in [0, 0.1) is 0 Å². The highest BCUT2D eigenvalue weighted by molar-refractivity contribution is 7.88. The van der Waals surface area contributed by atoms with Crippen LogP contribution in [0.25, 0.3) is 0 Å². The number of ether oxygens (including phenoxy) is 1. The number of sulfonamides is 1. The Morgan fingerprint density at radius 1 is 1.52 bits per heavy atom. The van der Waals surface area contributed by atoms with Crippen LogP contribution in [0.2, 0.25) is 0 Å². The Balaban J connectivity index is 2.80. The molecule has 0 aliphatic heterocycles. The van der Waals surface area contributed by atoms with E-state index in [1.54, 1.807) is 24.3 Å². The Bertz CT molecular complexity index is 590. The lowest BCUT2D eigenvalue weighted by Gasteiger charge is -2.20. The molecule has 0 fully saturated rings. The third-order valence-corrected chi connectivity index (χ3v) is 4.89. The summed E-state index contributed by atoms with van der Waals surface area (Å²) in [5.74, 6) is -0.181. The average Bonchev–Trinajstić information content (AvgIpc) is 2.38. The summed E-state index contributed by atoms with van der Waals surface area (Å²) in [5.41, 5.74) is 6.75. The quantitative estimate of drug-likeness (QED) is 0.656. The first-order valence-electron chi connectivity index (χ1n) is 6.26. The Morgan fingerprint density at radius 2 is 2.19 bits per heavy atom. The molecule has 0 aliphatic carbocycles. The van der Waals surface area contributed by atoms with Crippen molar-refractivity contribution in [3.8, 4) is 0 Å². The van der Waals surface area contributed by atoms with Gasteiger partial charge in [-0.05, 0) is 11.6 Å². The minimum atomic E-state index is -3.54. The van der Waals surface area contributed by atoms with Gasteiger partial charge >= 0.3 is 0 Å². The van der Waals surface area contributed by atoms with Crippen molar-refractivity contribution in [3.63, 3.8) is 0 Å². The second-order valence-corrected chi connectivity index (χ2v) is 7.23. The van der Waals surface area contributed by atoms with E-state index in [0.717, 1.165) is 4.31 Å².